The minimum atomic E-state index is 0.0401. The SMILES string of the molecule is COc1ccc(C(C)=O)cc1OC1CCSC1. The highest BCUT2D eigenvalue weighted by Crippen LogP contribution is 2.31. The quantitative estimate of drug-likeness (QED) is 0.772. The summed E-state index contributed by atoms with van der Waals surface area (Å²) in [6, 6.07) is 5.32. The molecule has 3 nitrogen and oxygen atoms in total. The van der Waals surface area contributed by atoms with Crippen LogP contribution in [-0.2, 0) is 0 Å². The zero-order valence-electron chi connectivity index (χ0n) is 10.1. The molecule has 1 heterocycles. The summed E-state index contributed by atoms with van der Waals surface area (Å²) in [7, 11) is 1.61. The van der Waals surface area contributed by atoms with E-state index in [0.717, 1.165) is 17.9 Å². The topological polar surface area (TPSA) is 35.5 Å². The van der Waals surface area contributed by atoms with Gasteiger partial charge in [0.15, 0.2) is 17.3 Å². The van der Waals surface area contributed by atoms with Crippen LogP contribution in [-0.4, -0.2) is 30.5 Å². The van der Waals surface area contributed by atoms with Crippen LogP contribution in [0.2, 0.25) is 0 Å². The van der Waals surface area contributed by atoms with Gasteiger partial charge in [-0.25, -0.2) is 0 Å². The third-order valence-corrected chi connectivity index (χ3v) is 3.88. The molecular formula is C13H16O3S. The molecule has 0 radical (unpaired) electrons. The zero-order chi connectivity index (χ0) is 12.3. The molecule has 0 N–H and O–H groups in total. The number of carbonyl (C=O) groups excluding carboxylic acids is 1. The molecule has 1 aliphatic heterocycles. The second-order valence-corrected chi connectivity index (χ2v) is 5.18. The van der Waals surface area contributed by atoms with Gasteiger partial charge < -0.3 is 9.47 Å². The highest BCUT2D eigenvalue weighted by atomic mass is 32.2. The van der Waals surface area contributed by atoms with Gasteiger partial charge in [-0.2, -0.15) is 11.8 Å². The molecule has 1 fully saturated rings. The minimum Gasteiger partial charge on any atom is -0.493 e. The summed E-state index contributed by atoms with van der Waals surface area (Å²) in [6.45, 7) is 1.55. The Morgan fingerprint density at radius 2 is 2.24 bits per heavy atom. The van der Waals surface area contributed by atoms with Crippen LogP contribution in [0.15, 0.2) is 18.2 Å². The molecule has 2 rings (SSSR count). The van der Waals surface area contributed by atoms with E-state index in [0.29, 0.717) is 17.1 Å². The van der Waals surface area contributed by atoms with Crippen LogP contribution in [0.25, 0.3) is 0 Å². The van der Waals surface area contributed by atoms with E-state index in [4.69, 9.17) is 9.47 Å². The van der Waals surface area contributed by atoms with Crippen LogP contribution in [0.1, 0.15) is 23.7 Å². The van der Waals surface area contributed by atoms with Crippen LogP contribution >= 0.6 is 11.8 Å². The van der Waals surface area contributed by atoms with E-state index in [9.17, 15) is 4.79 Å². The van der Waals surface area contributed by atoms with Gasteiger partial charge in [-0.15, -0.1) is 0 Å². The Labute approximate surface area is 105 Å². The molecule has 0 aromatic heterocycles. The molecule has 92 valence electrons. The Hall–Kier alpha value is -1.16. The Balaban J connectivity index is 2.21. The van der Waals surface area contributed by atoms with Gasteiger partial charge in [-0.1, -0.05) is 0 Å². The van der Waals surface area contributed by atoms with Crippen molar-refractivity contribution in [3.8, 4) is 11.5 Å². The molecule has 17 heavy (non-hydrogen) atoms. The van der Waals surface area contributed by atoms with E-state index >= 15 is 0 Å². The number of benzene rings is 1. The number of ketones is 1. The maximum absolute atomic E-state index is 11.3. The summed E-state index contributed by atoms with van der Waals surface area (Å²) in [4.78, 5) is 11.3. The lowest BCUT2D eigenvalue weighted by Gasteiger charge is -2.15. The Morgan fingerprint density at radius 3 is 2.82 bits per heavy atom. The number of carbonyl (C=O) groups is 1. The van der Waals surface area contributed by atoms with Crippen molar-refractivity contribution in [1.82, 2.24) is 0 Å². The number of ether oxygens (including phenoxy) is 2. The lowest BCUT2D eigenvalue weighted by molar-refractivity contribution is 0.101. The van der Waals surface area contributed by atoms with Crippen molar-refractivity contribution >= 4 is 17.5 Å². The first-order valence-corrected chi connectivity index (χ1v) is 6.79. The monoisotopic (exact) mass is 252 g/mol. The average Bonchev–Trinajstić information content (AvgIpc) is 2.81. The lowest BCUT2D eigenvalue weighted by atomic mass is 10.1. The van der Waals surface area contributed by atoms with E-state index in [2.05, 4.69) is 0 Å². The molecule has 0 amide bonds. The van der Waals surface area contributed by atoms with Gasteiger partial charge >= 0.3 is 0 Å². The predicted molar refractivity (Wildman–Crippen MR) is 69.4 cm³/mol. The molecule has 1 unspecified atom stereocenters. The highest BCUT2D eigenvalue weighted by Gasteiger charge is 2.19. The summed E-state index contributed by atoms with van der Waals surface area (Å²) in [5.74, 6) is 3.55. The molecule has 1 aliphatic rings. The van der Waals surface area contributed by atoms with Gasteiger partial charge in [0, 0.05) is 11.3 Å². The molecule has 0 bridgehead atoms. The third-order valence-electron chi connectivity index (χ3n) is 2.75. The fourth-order valence-electron chi connectivity index (χ4n) is 1.77. The fourth-order valence-corrected chi connectivity index (χ4v) is 2.87. The maximum atomic E-state index is 11.3. The van der Waals surface area contributed by atoms with Crippen molar-refractivity contribution in [2.75, 3.05) is 18.6 Å². The van der Waals surface area contributed by atoms with Crippen molar-refractivity contribution in [2.45, 2.75) is 19.4 Å². The van der Waals surface area contributed by atoms with Crippen molar-refractivity contribution in [1.29, 1.82) is 0 Å². The Morgan fingerprint density at radius 1 is 1.41 bits per heavy atom. The molecule has 1 aromatic rings. The van der Waals surface area contributed by atoms with Crippen LogP contribution < -0.4 is 9.47 Å². The van der Waals surface area contributed by atoms with Crippen molar-refractivity contribution < 1.29 is 14.3 Å². The highest BCUT2D eigenvalue weighted by molar-refractivity contribution is 7.99. The maximum Gasteiger partial charge on any atom is 0.162 e. The summed E-state index contributed by atoms with van der Waals surface area (Å²) in [5, 5.41) is 0. The average molecular weight is 252 g/mol. The summed E-state index contributed by atoms with van der Waals surface area (Å²) < 4.78 is 11.1. The van der Waals surface area contributed by atoms with E-state index < -0.39 is 0 Å². The smallest absolute Gasteiger partial charge is 0.162 e. The number of hydrogen-bond donors (Lipinski definition) is 0. The van der Waals surface area contributed by atoms with Gasteiger partial charge in [0.25, 0.3) is 0 Å². The molecule has 1 saturated heterocycles. The zero-order valence-corrected chi connectivity index (χ0v) is 10.9. The summed E-state index contributed by atoms with van der Waals surface area (Å²) >= 11 is 1.89. The fraction of sp³-hybridized carbons (Fsp3) is 0.462. The normalized spacial score (nSPS) is 19.1. The first-order chi connectivity index (χ1) is 8.20. The number of hydrogen-bond acceptors (Lipinski definition) is 4. The predicted octanol–water partition coefficient (Wildman–Crippen LogP) is 2.78. The van der Waals surface area contributed by atoms with E-state index in [-0.39, 0.29) is 11.9 Å². The van der Waals surface area contributed by atoms with Crippen molar-refractivity contribution in [3.05, 3.63) is 23.8 Å². The molecular weight excluding hydrogens is 236 g/mol. The number of methoxy groups -OCH3 is 1. The molecule has 0 saturated carbocycles. The largest absolute Gasteiger partial charge is 0.493 e. The third kappa shape index (κ3) is 2.94. The number of rotatable bonds is 4. The molecule has 1 aromatic carbocycles. The van der Waals surface area contributed by atoms with Gasteiger partial charge in [-0.3, -0.25) is 4.79 Å². The minimum absolute atomic E-state index is 0.0401. The van der Waals surface area contributed by atoms with Crippen LogP contribution in [0.4, 0.5) is 0 Å². The summed E-state index contributed by atoms with van der Waals surface area (Å²) in [5.41, 5.74) is 0.659. The number of thioether (sulfide) groups is 1. The first kappa shape index (κ1) is 12.3. The van der Waals surface area contributed by atoms with E-state index in [1.54, 1.807) is 32.2 Å². The Bertz CT molecular complexity index is 411. The molecule has 0 spiro atoms. The van der Waals surface area contributed by atoms with Crippen LogP contribution in [0, 0.1) is 0 Å². The second kappa shape index (κ2) is 5.45. The van der Waals surface area contributed by atoms with Gasteiger partial charge in [0.1, 0.15) is 6.10 Å². The second-order valence-electron chi connectivity index (χ2n) is 4.03. The van der Waals surface area contributed by atoms with Crippen molar-refractivity contribution in [3.63, 3.8) is 0 Å². The molecule has 0 aliphatic carbocycles. The van der Waals surface area contributed by atoms with Crippen LogP contribution in [0.3, 0.4) is 0 Å². The lowest BCUT2D eigenvalue weighted by Crippen LogP contribution is -2.15. The van der Waals surface area contributed by atoms with E-state index in [1.165, 1.54) is 0 Å². The number of Topliss-reactive ketones (excluding diaryl/α,β-unsaturated/α-hetero) is 1. The Kier molecular flexibility index (Phi) is 3.94. The van der Waals surface area contributed by atoms with Gasteiger partial charge in [0.05, 0.1) is 7.11 Å². The summed E-state index contributed by atoms with van der Waals surface area (Å²) in [6.07, 6.45) is 1.29. The van der Waals surface area contributed by atoms with Crippen LogP contribution in [0.5, 0.6) is 11.5 Å². The van der Waals surface area contributed by atoms with Crippen molar-refractivity contribution in [2.24, 2.45) is 0 Å². The molecule has 4 heteroatoms. The van der Waals surface area contributed by atoms with Gasteiger partial charge in [0.2, 0.25) is 0 Å². The van der Waals surface area contributed by atoms with Gasteiger partial charge in [-0.05, 0) is 37.3 Å². The molecule has 1 atom stereocenters. The van der Waals surface area contributed by atoms with E-state index in [1.807, 2.05) is 11.8 Å². The standard InChI is InChI=1S/C13H16O3S/c1-9(14)10-3-4-12(15-2)13(7-10)16-11-5-6-17-8-11/h3-4,7,11H,5-6,8H2,1-2H3. The first-order valence-electron chi connectivity index (χ1n) is 5.64.